The van der Waals surface area contributed by atoms with Gasteiger partial charge in [-0.3, -0.25) is 4.79 Å². The molecule has 5 heteroatoms. The summed E-state index contributed by atoms with van der Waals surface area (Å²) in [6.07, 6.45) is -0.275. The summed E-state index contributed by atoms with van der Waals surface area (Å²) in [4.78, 5) is 10.3. The third kappa shape index (κ3) is 2.26. The van der Waals surface area contributed by atoms with E-state index >= 15 is 0 Å². The lowest BCUT2D eigenvalue weighted by Gasteiger charge is -2.04. The molecule has 0 bridgehead atoms. The first-order valence-corrected chi connectivity index (χ1v) is 4.15. The van der Waals surface area contributed by atoms with Gasteiger partial charge in [0.15, 0.2) is 0 Å². The SMILES string of the molecule is O=C(O)Cc1ccc(Cl)c(Cl)c1O. The van der Waals surface area contributed by atoms with Crippen LogP contribution in [0.15, 0.2) is 12.1 Å². The van der Waals surface area contributed by atoms with Crippen LogP contribution in [0, 0.1) is 0 Å². The summed E-state index contributed by atoms with van der Waals surface area (Å²) in [5.74, 6) is -1.30. The van der Waals surface area contributed by atoms with Gasteiger partial charge in [-0.25, -0.2) is 0 Å². The van der Waals surface area contributed by atoms with Crippen LogP contribution < -0.4 is 0 Å². The van der Waals surface area contributed by atoms with Crippen molar-refractivity contribution in [2.75, 3.05) is 0 Å². The molecule has 3 nitrogen and oxygen atoms in total. The highest BCUT2D eigenvalue weighted by Crippen LogP contribution is 2.34. The van der Waals surface area contributed by atoms with Gasteiger partial charge >= 0.3 is 5.97 Å². The summed E-state index contributed by atoms with van der Waals surface area (Å²) < 4.78 is 0. The molecular formula is C8H6Cl2O3. The van der Waals surface area contributed by atoms with E-state index < -0.39 is 5.97 Å². The van der Waals surface area contributed by atoms with Gasteiger partial charge in [0, 0.05) is 5.56 Å². The van der Waals surface area contributed by atoms with Gasteiger partial charge in [-0.15, -0.1) is 0 Å². The van der Waals surface area contributed by atoms with Gasteiger partial charge in [-0.1, -0.05) is 29.3 Å². The average molecular weight is 221 g/mol. The normalized spacial score (nSPS) is 10.0. The van der Waals surface area contributed by atoms with Crippen molar-refractivity contribution in [3.05, 3.63) is 27.7 Å². The van der Waals surface area contributed by atoms with E-state index in [1.54, 1.807) is 0 Å². The molecule has 1 aromatic carbocycles. The van der Waals surface area contributed by atoms with Gasteiger partial charge in [0.2, 0.25) is 0 Å². The van der Waals surface area contributed by atoms with Crippen LogP contribution in [0.2, 0.25) is 10.0 Å². The zero-order valence-corrected chi connectivity index (χ0v) is 7.93. The molecule has 0 spiro atoms. The molecule has 2 N–H and O–H groups in total. The Morgan fingerprint density at radius 3 is 2.54 bits per heavy atom. The molecule has 1 aromatic rings. The van der Waals surface area contributed by atoms with Gasteiger partial charge in [0.05, 0.1) is 11.4 Å². The lowest BCUT2D eigenvalue weighted by Crippen LogP contribution is -2.00. The van der Waals surface area contributed by atoms with E-state index in [0.29, 0.717) is 0 Å². The Hall–Kier alpha value is -0.930. The molecule has 1 rings (SSSR count). The standard InChI is InChI=1S/C8H6Cl2O3/c9-5-2-1-4(3-6(11)12)8(13)7(5)10/h1-2,13H,3H2,(H,11,12). The minimum Gasteiger partial charge on any atom is -0.506 e. The van der Waals surface area contributed by atoms with Gasteiger partial charge in [-0.05, 0) is 6.07 Å². The number of benzene rings is 1. The summed E-state index contributed by atoms with van der Waals surface area (Å²) in [5, 5.41) is 18.0. The predicted molar refractivity (Wildman–Crippen MR) is 49.5 cm³/mol. The minimum atomic E-state index is -1.03. The number of carbonyl (C=O) groups is 1. The molecular weight excluding hydrogens is 215 g/mol. The van der Waals surface area contributed by atoms with Crippen LogP contribution in [0.1, 0.15) is 5.56 Å². The molecule has 0 aliphatic carbocycles. The van der Waals surface area contributed by atoms with Crippen molar-refractivity contribution < 1.29 is 15.0 Å². The van der Waals surface area contributed by atoms with Crippen LogP contribution in [0.3, 0.4) is 0 Å². The maximum Gasteiger partial charge on any atom is 0.307 e. The third-order valence-corrected chi connectivity index (χ3v) is 2.29. The van der Waals surface area contributed by atoms with Crippen molar-refractivity contribution in [3.8, 4) is 5.75 Å². The molecule has 0 aliphatic heterocycles. The lowest BCUT2D eigenvalue weighted by molar-refractivity contribution is -0.136. The Kier molecular flexibility index (Phi) is 3.01. The van der Waals surface area contributed by atoms with Gasteiger partial charge in [0.1, 0.15) is 10.8 Å². The summed E-state index contributed by atoms with van der Waals surface area (Å²) in [7, 11) is 0. The van der Waals surface area contributed by atoms with Crippen molar-refractivity contribution >= 4 is 29.2 Å². The number of aromatic hydroxyl groups is 1. The van der Waals surface area contributed by atoms with E-state index in [-0.39, 0.29) is 27.8 Å². The molecule has 70 valence electrons. The average Bonchev–Trinajstić information content (AvgIpc) is 2.06. The molecule has 0 heterocycles. The van der Waals surface area contributed by atoms with Crippen LogP contribution in [0.4, 0.5) is 0 Å². The van der Waals surface area contributed by atoms with Crippen LogP contribution in [0.5, 0.6) is 5.75 Å². The highest BCUT2D eigenvalue weighted by Gasteiger charge is 2.11. The summed E-state index contributed by atoms with van der Waals surface area (Å²) in [5.41, 5.74) is 0.252. The molecule has 0 unspecified atom stereocenters. The van der Waals surface area contributed by atoms with Crippen LogP contribution in [-0.2, 0) is 11.2 Å². The van der Waals surface area contributed by atoms with Crippen LogP contribution in [0.25, 0.3) is 0 Å². The maximum atomic E-state index is 10.3. The van der Waals surface area contributed by atoms with Crippen molar-refractivity contribution in [2.24, 2.45) is 0 Å². The number of hydrogen-bond donors (Lipinski definition) is 2. The second-order valence-electron chi connectivity index (χ2n) is 2.44. The van der Waals surface area contributed by atoms with Gasteiger partial charge in [0.25, 0.3) is 0 Å². The quantitative estimate of drug-likeness (QED) is 0.805. The first-order chi connectivity index (χ1) is 6.02. The number of hydrogen-bond acceptors (Lipinski definition) is 2. The molecule has 0 saturated heterocycles. The van der Waals surface area contributed by atoms with E-state index in [1.807, 2.05) is 0 Å². The van der Waals surface area contributed by atoms with E-state index in [1.165, 1.54) is 12.1 Å². The third-order valence-electron chi connectivity index (χ3n) is 1.49. The highest BCUT2D eigenvalue weighted by molar-refractivity contribution is 6.43. The van der Waals surface area contributed by atoms with E-state index in [0.717, 1.165) is 0 Å². The monoisotopic (exact) mass is 220 g/mol. The number of rotatable bonds is 2. The van der Waals surface area contributed by atoms with Gasteiger partial charge < -0.3 is 10.2 Å². The fourth-order valence-electron chi connectivity index (χ4n) is 0.885. The summed E-state index contributed by atoms with van der Waals surface area (Å²) in [6, 6.07) is 2.87. The molecule has 0 saturated carbocycles. The fourth-order valence-corrected chi connectivity index (χ4v) is 1.22. The van der Waals surface area contributed by atoms with Crippen molar-refractivity contribution in [1.82, 2.24) is 0 Å². The molecule has 0 fully saturated rings. The Morgan fingerprint density at radius 2 is 2.00 bits per heavy atom. The van der Waals surface area contributed by atoms with E-state index in [4.69, 9.17) is 28.3 Å². The summed E-state index contributed by atoms with van der Waals surface area (Å²) >= 11 is 11.2. The maximum absolute atomic E-state index is 10.3. The Labute approximate surface area is 84.5 Å². The number of phenols is 1. The first-order valence-electron chi connectivity index (χ1n) is 3.40. The molecule has 0 radical (unpaired) electrons. The number of carboxylic acid groups (broad SMARTS) is 1. The number of aliphatic carboxylic acids is 1. The molecule has 13 heavy (non-hydrogen) atoms. The number of carboxylic acids is 1. The highest BCUT2D eigenvalue weighted by atomic mass is 35.5. The van der Waals surface area contributed by atoms with Gasteiger partial charge in [-0.2, -0.15) is 0 Å². The van der Waals surface area contributed by atoms with E-state index in [9.17, 15) is 9.90 Å². The largest absolute Gasteiger partial charge is 0.506 e. The number of phenolic OH excluding ortho intramolecular Hbond substituents is 1. The van der Waals surface area contributed by atoms with Crippen molar-refractivity contribution in [2.45, 2.75) is 6.42 Å². The second kappa shape index (κ2) is 3.85. The summed E-state index contributed by atoms with van der Waals surface area (Å²) in [6.45, 7) is 0. The Balaban J connectivity index is 3.10. The minimum absolute atomic E-state index is 0.0135. The molecule has 0 atom stereocenters. The zero-order valence-electron chi connectivity index (χ0n) is 6.42. The molecule has 0 aliphatic rings. The predicted octanol–water partition coefficient (Wildman–Crippen LogP) is 2.33. The smallest absolute Gasteiger partial charge is 0.307 e. The lowest BCUT2D eigenvalue weighted by atomic mass is 10.1. The molecule has 0 aromatic heterocycles. The second-order valence-corrected chi connectivity index (χ2v) is 3.22. The number of halogens is 2. The zero-order chi connectivity index (χ0) is 10.0. The molecule has 0 amide bonds. The Morgan fingerprint density at radius 1 is 1.38 bits per heavy atom. The fraction of sp³-hybridized carbons (Fsp3) is 0.125. The Bertz CT molecular complexity index is 349. The van der Waals surface area contributed by atoms with Crippen molar-refractivity contribution in [3.63, 3.8) is 0 Å². The van der Waals surface area contributed by atoms with Crippen LogP contribution >= 0.6 is 23.2 Å². The topological polar surface area (TPSA) is 57.5 Å². The van der Waals surface area contributed by atoms with E-state index in [2.05, 4.69) is 0 Å². The van der Waals surface area contributed by atoms with Crippen LogP contribution in [-0.4, -0.2) is 16.2 Å². The first kappa shape index (κ1) is 10.2. The van der Waals surface area contributed by atoms with Crippen molar-refractivity contribution in [1.29, 1.82) is 0 Å².